The standard InChI is InChI=1S/C19H20N2O3S/c1-14-13-16-5-3-4-6-18(16)21(14)19(22)12-9-15-7-10-17(11-8-15)20-25(2,23)24/h3-12,14,20H,13H2,1-2H3/b12-9+. The molecular weight excluding hydrogens is 336 g/mol. The summed E-state index contributed by atoms with van der Waals surface area (Å²) in [7, 11) is -3.29. The highest BCUT2D eigenvalue weighted by Crippen LogP contribution is 2.32. The van der Waals surface area contributed by atoms with E-state index in [0.717, 1.165) is 23.9 Å². The number of hydrogen-bond donors (Lipinski definition) is 1. The molecule has 0 saturated heterocycles. The van der Waals surface area contributed by atoms with Crippen LogP contribution in [0.3, 0.4) is 0 Å². The molecule has 1 amide bonds. The number of nitrogens with zero attached hydrogens (tertiary/aromatic N) is 1. The van der Waals surface area contributed by atoms with E-state index < -0.39 is 10.0 Å². The zero-order chi connectivity index (χ0) is 18.0. The molecule has 5 nitrogen and oxygen atoms in total. The first-order valence-electron chi connectivity index (χ1n) is 8.00. The SMILES string of the molecule is CC1Cc2ccccc2N1C(=O)/C=C/c1ccc(NS(C)(=O)=O)cc1. The van der Waals surface area contributed by atoms with Crippen LogP contribution in [0.1, 0.15) is 18.1 Å². The van der Waals surface area contributed by atoms with E-state index in [0.29, 0.717) is 5.69 Å². The van der Waals surface area contributed by atoms with Crippen LogP contribution in [0, 0.1) is 0 Å². The zero-order valence-electron chi connectivity index (χ0n) is 14.1. The Labute approximate surface area is 148 Å². The van der Waals surface area contributed by atoms with Gasteiger partial charge in [-0.05, 0) is 48.7 Å². The summed E-state index contributed by atoms with van der Waals surface area (Å²) in [6.07, 6.45) is 5.26. The normalized spacial score (nSPS) is 16.9. The molecule has 0 radical (unpaired) electrons. The molecule has 0 fully saturated rings. The summed E-state index contributed by atoms with van der Waals surface area (Å²) in [4.78, 5) is 14.4. The van der Waals surface area contributed by atoms with Gasteiger partial charge in [-0.3, -0.25) is 9.52 Å². The predicted octanol–water partition coefficient (Wildman–Crippen LogP) is 3.05. The van der Waals surface area contributed by atoms with Gasteiger partial charge in [0.1, 0.15) is 0 Å². The summed E-state index contributed by atoms with van der Waals surface area (Å²) in [5.74, 6) is -0.0595. The highest BCUT2D eigenvalue weighted by molar-refractivity contribution is 7.92. The minimum absolute atomic E-state index is 0.0595. The Morgan fingerprint density at radius 3 is 2.52 bits per heavy atom. The molecule has 0 aliphatic carbocycles. The topological polar surface area (TPSA) is 66.5 Å². The number of carbonyl (C=O) groups excluding carboxylic acids is 1. The summed E-state index contributed by atoms with van der Waals surface area (Å²) >= 11 is 0. The summed E-state index contributed by atoms with van der Waals surface area (Å²) in [5.41, 5.74) is 3.48. The second-order valence-electron chi connectivity index (χ2n) is 6.22. The number of para-hydroxylation sites is 1. The number of nitrogens with one attached hydrogen (secondary N) is 1. The summed E-state index contributed by atoms with van der Waals surface area (Å²) in [5, 5.41) is 0. The fraction of sp³-hybridized carbons (Fsp3) is 0.211. The third kappa shape index (κ3) is 4.09. The van der Waals surface area contributed by atoms with Gasteiger partial charge in [0.25, 0.3) is 5.91 Å². The first-order valence-corrected chi connectivity index (χ1v) is 9.90. The highest BCUT2D eigenvalue weighted by atomic mass is 32.2. The molecule has 130 valence electrons. The third-order valence-corrected chi connectivity index (χ3v) is 4.68. The van der Waals surface area contributed by atoms with Gasteiger partial charge >= 0.3 is 0 Å². The third-order valence-electron chi connectivity index (χ3n) is 4.08. The van der Waals surface area contributed by atoms with Gasteiger partial charge in [-0.2, -0.15) is 0 Å². The van der Waals surface area contributed by atoms with E-state index in [4.69, 9.17) is 0 Å². The van der Waals surface area contributed by atoms with Crippen molar-refractivity contribution in [3.8, 4) is 0 Å². The molecule has 1 atom stereocenters. The second-order valence-corrected chi connectivity index (χ2v) is 7.97. The molecule has 1 aliphatic heterocycles. The molecule has 0 spiro atoms. The van der Waals surface area contributed by atoms with Crippen LogP contribution in [-0.2, 0) is 21.2 Å². The van der Waals surface area contributed by atoms with Crippen molar-refractivity contribution in [1.29, 1.82) is 0 Å². The van der Waals surface area contributed by atoms with Gasteiger partial charge in [-0.1, -0.05) is 30.3 Å². The molecular formula is C19H20N2O3S. The van der Waals surface area contributed by atoms with Gasteiger partial charge in [-0.25, -0.2) is 8.42 Å². The van der Waals surface area contributed by atoms with Crippen LogP contribution in [0.25, 0.3) is 6.08 Å². The van der Waals surface area contributed by atoms with Crippen molar-refractivity contribution in [2.24, 2.45) is 0 Å². The number of hydrogen-bond acceptors (Lipinski definition) is 3. The molecule has 0 aromatic heterocycles. The van der Waals surface area contributed by atoms with E-state index in [1.807, 2.05) is 30.0 Å². The van der Waals surface area contributed by atoms with Gasteiger partial charge in [-0.15, -0.1) is 0 Å². The molecule has 2 aromatic rings. The lowest BCUT2D eigenvalue weighted by atomic mass is 10.1. The van der Waals surface area contributed by atoms with Crippen molar-refractivity contribution in [3.05, 3.63) is 65.7 Å². The lowest BCUT2D eigenvalue weighted by molar-refractivity contribution is -0.114. The number of carbonyl (C=O) groups is 1. The lowest BCUT2D eigenvalue weighted by Gasteiger charge is -2.20. The Morgan fingerprint density at radius 1 is 1.16 bits per heavy atom. The van der Waals surface area contributed by atoms with E-state index in [2.05, 4.69) is 10.8 Å². The zero-order valence-corrected chi connectivity index (χ0v) is 15.0. The fourth-order valence-electron chi connectivity index (χ4n) is 3.03. The molecule has 3 rings (SSSR count). The van der Waals surface area contributed by atoms with E-state index >= 15 is 0 Å². The number of sulfonamides is 1. The largest absolute Gasteiger partial charge is 0.305 e. The van der Waals surface area contributed by atoms with Crippen LogP contribution in [0.5, 0.6) is 0 Å². The van der Waals surface area contributed by atoms with Crippen molar-refractivity contribution >= 4 is 33.4 Å². The van der Waals surface area contributed by atoms with E-state index in [1.54, 1.807) is 36.4 Å². The monoisotopic (exact) mass is 356 g/mol. The molecule has 25 heavy (non-hydrogen) atoms. The molecule has 0 bridgehead atoms. The quantitative estimate of drug-likeness (QED) is 0.856. The summed E-state index contributed by atoms with van der Waals surface area (Å²) in [6, 6.07) is 14.9. The number of amides is 1. The van der Waals surface area contributed by atoms with Crippen LogP contribution in [-0.4, -0.2) is 26.6 Å². The molecule has 1 unspecified atom stereocenters. The number of anilines is 2. The Kier molecular flexibility index (Phi) is 4.63. The van der Waals surface area contributed by atoms with Gasteiger partial charge < -0.3 is 4.90 Å². The van der Waals surface area contributed by atoms with Gasteiger partial charge in [0.05, 0.1) is 6.26 Å². The predicted molar refractivity (Wildman–Crippen MR) is 101 cm³/mol. The van der Waals surface area contributed by atoms with Crippen LogP contribution in [0.2, 0.25) is 0 Å². The van der Waals surface area contributed by atoms with Gasteiger partial charge in [0.15, 0.2) is 0 Å². The molecule has 6 heteroatoms. The van der Waals surface area contributed by atoms with Crippen molar-refractivity contribution < 1.29 is 13.2 Å². The first kappa shape index (κ1) is 17.2. The molecule has 0 saturated carbocycles. The molecule has 2 aromatic carbocycles. The Hall–Kier alpha value is -2.60. The van der Waals surface area contributed by atoms with Gasteiger partial charge in [0.2, 0.25) is 10.0 Å². The van der Waals surface area contributed by atoms with E-state index in [-0.39, 0.29) is 11.9 Å². The number of fused-ring (bicyclic) bond motifs is 1. The van der Waals surface area contributed by atoms with Crippen LogP contribution in [0.15, 0.2) is 54.6 Å². The highest BCUT2D eigenvalue weighted by Gasteiger charge is 2.29. The Morgan fingerprint density at radius 2 is 1.84 bits per heavy atom. The van der Waals surface area contributed by atoms with Crippen LogP contribution < -0.4 is 9.62 Å². The smallest absolute Gasteiger partial charge is 0.251 e. The molecule has 1 aliphatic rings. The average Bonchev–Trinajstić information content (AvgIpc) is 2.88. The maximum absolute atomic E-state index is 12.6. The van der Waals surface area contributed by atoms with Gasteiger partial charge in [0, 0.05) is 23.5 Å². The Balaban J connectivity index is 1.73. The Bertz CT molecular complexity index is 918. The van der Waals surface area contributed by atoms with Crippen molar-refractivity contribution in [2.75, 3.05) is 15.9 Å². The fourth-order valence-corrected chi connectivity index (χ4v) is 3.59. The minimum Gasteiger partial charge on any atom is -0.305 e. The van der Waals surface area contributed by atoms with Crippen molar-refractivity contribution in [1.82, 2.24) is 0 Å². The average molecular weight is 356 g/mol. The lowest BCUT2D eigenvalue weighted by Crippen LogP contribution is -2.34. The summed E-state index contributed by atoms with van der Waals surface area (Å²) < 4.78 is 24.8. The number of benzene rings is 2. The van der Waals surface area contributed by atoms with E-state index in [1.165, 1.54) is 5.56 Å². The van der Waals surface area contributed by atoms with Crippen molar-refractivity contribution in [2.45, 2.75) is 19.4 Å². The molecule has 1 heterocycles. The second kappa shape index (κ2) is 6.72. The van der Waals surface area contributed by atoms with Crippen molar-refractivity contribution in [3.63, 3.8) is 0 Å². The number of rotatable bonds is 4. The molecule has 1 N–H and O–H groups in total. The van der Waals surface area contributed by atoms with Crippen LogP contribution >= 0.6 is 0 Å². The van der Waals surface area contributed by atoms with Crippen LogP contribution in [0.4, 0.5) is 11.4 Å². The maximum Gasteiger partial charge on any atom is 0.251 e. The first-order chi connectivity index (χ1) is 11.8. The summed E-state index contributed by atoms with van der Waals surface area (Å²) in [6.45, 7) is 2.04. The maximum atomic E-state index is 12.6. The van der Waals surface area contributed by atoms with E-state index in [9.17, 15) is 13.2 Å². The minimum atomic E-state index is -3.29.